The monoisotopic (exact) mass is 316 g/mol. The summed E-state index contributed by atoms with van der Waals surface area (Å²) in [6, 6.07) is -0.284. The molecular formula is C15H28N2O5. The Hall–Kier alpha value is -0.890. The lowest BCUT2D eigenvalue weighted by molar-refractivity contribution is -0.138. The van der Waals surface area contributed by atoms with E-state index in [2.05, 4.69) is 5.32 Å². The van der Waals surface area contributed by atoms with Gasteiger partial charge in [0, 0.05) is 6.54 Å². The molecule has 0 aromatic rings. The average Bonchev–Trinajstić information content (AvgIpc) is 2.41. The Morgan fingerprint density at radius 2 is 2.00 bits per heavy atom. The molecule has 0 radical (unpaired) electrons. The summed E-state index contributed by atoms with van der Waals surface area (Å²) in [7, 11) is 0. The summed E-state index contributed by atoms with van der Waals surface area (Å²) in [6.45, 7) is 8.64. The van der Waals surface area contributed by atoms with Crippen molar-refractivity contribution >= 4 is 6.09 Å². The lowest BCUT2D eigenvalue weighted by atomic mass is 9.99. The molecule has 7 nitrogen and oxygen atoms in total. The Labute approximate surface area is 131 Å². The molecule has 0 saturated carbocycles. The fourth-order valence-electron chi connectivity index (χ4n) is 2.76. The molecule has 1 amide bonds. The maximum Gasteiger partial charge on any atom is 0.410 e. The number of hydrogen-bond acceptors (Lipinski definition) is 6. The number of aliphatic hydroxyl groups excluding tert-OH is 1. The van der Waals surface area contributed by atoms with E-state index in [-0.39, 0.29) is 30.4 Å². The largest absolute Gasteiger partial charge is 0.444 e. The van der Waals surface area contributed by atoms with Crippen LogP contribution in [-0.2, 0) is 9.47 Å². The molecule has 0 bridgehead atoms. The minimum Gasteiger partial charge on any atom is -0.444 e. The second-order valence-corrected chi connectivity index (χ2v) is 7.18. The first-order chi connectivity index (χ1) is 10.2. The SMILES string of the molecule is CC1C(OC2CCC(C(O)O)NC2)CN1C(=O)OC(C)(C)C. The van der Waals surface area contributed by atoms with Gasteiger partial charge in [-0.25, -0.2) is 4.79 Å². The zero-order valence-electron chi connectivity index (χ0n) is 13.8. The van der Waals surface area contributed by atoms with Crippen LogP contribution in [0.15, 0.2) is 0 Å². The van der Waals surface area contributed by atoms with E-state index in [4.69, 9.17) is 19.7 Å². The van der Waals surface area contributed by atoms with E-state index in [0.717, 1.165) is 6.42 Å². The summed E-state index contributed by atoms with van der Waals surface area (Å²) < 4.78 is 11.4. The molecule has 7 heteroatoms. The molecule has 4 atom stereocenters. The maximum atomic E-state index is 12.0. The van der Waals surface area contributed by atoms with E-state index in [0.29, 0.717) is 19.5 Å². The number of nitrogens with one attached hydrogen (secondary N) is 1. The van der Waals surface area contributed by atoms with Crippen molar-refractivity contribution in [1.29, 1.82) is 0 Å². The van der Waals surface area contributed by atoms with Gasteiger partial charge in [0.2, 0.25) is 0 Å². The number of piperidine rings is 1. The van der Waals surface area contributed by atoms with Crippen LogP contribution in [0, 0.1) is 0 Å². The highest BCUT2D eigenvalue weighted by Crippen LogP contribution is 2.26. The Bertz CT molecular complexity index is 388. The smallest absolute Gasteiger partial charge is 0.410 e. The van der Waals surface area contributed by atoms with Crippen molar-refractivity contribution in [2.45, 2.75) is 76.7 Å². The molecule has 0 aliphatic carbocycles. The number of likely N-dealkylation sites (tertiary alicyclic amines) is 1. The molecule has 4 unspecified atom stereocenters. The van der Waals surface area contributed by atoms with Gasteiger partial charge in [0.15, 0.2) is 6.29 Å². The molecule has 0 spiro atoms. The molecule has 2 rings (SSSR count). The zero-order chi connectivity index (χ0) is 16.5. The Morgan fingerprint density at radius 3 is 2.45 bits per heavy atom. The fraction of sp³-hybridized carbons (Fsp3) is 0.933. The summed E-state index contributed by atoms with van der Waals surface area (Å²) in [5.74, 6) is 0. The highest BCUT2D eigenvalue weighted by Gasteiger charge is 2.43. The lowest BCUT2D eigenvalue weighted by Crippen LogP contribution is -2.64. The number of carbonyl (C=O) groups is 1. The summed E-state index contributed by atoms with van der Waals surface area (Å²) in [5, 5.41) is 21.3. The Morgan fingerprint density at radius 1 is 1.32 bits per heavy atom. The van der Waals surface area contributed by atoms with Crippen LogP contribution in [0.5, 0.6) is 0 Å². The van der Waals surface area contributed by atoms with E-state index in [1.165, 1.54) is 0 Å². The second kappa shape index (κ2) is 6.70. The third-order valence-electron chi connectivity index (χ3n) is 4.17. The van der Waals surface area contributed by atoms with E-state index < -0.39 is 11.9 Å². The molecule has 2 heterocycles. The number of hydrogen-bond donors (Lipinski definition) is 3. The van der Waals surface area contributed by atoms with Crippen molar-refractivity contribution in [2.24, 2.45) is 0 Å². The van der Waals surface area contributed by atoms with E-state index >= 15 is 0 Å². The van der Waals surface area contributed by atoms with Crippen LogP contribution >= 0.6 is 0 Å². The van der Waals surface area contributed by atoms with Crippen molar-refractivity contribution in [3.05, 3.63) is 0 Å². The molecule has 0 aromatic heterocycles. The standard InChI is InChI=1S/C15H28N2O5/c1-9-12(8-17(9)14(20)22-15(2,3)4)21-10-5-6-11(13(18)19)16-7-10/h9-13,16,18-19H,5-8H2,1-4H3. The van der Waals surface area contributed by atoms with Gasteiger partial charge in [-0.05, 0) is 40.5 Å². The van der Waals surface area contributed by atoms with Crippen molar-refractivity contribution in [3.63, 3.8) is 0 Å². The lowest BCUT2D eigenvalue weighted by Gasteiger charge is -2.47. The van der Waals surface area contributed by atoms with Crippen molar-refractivity contribution in [1.82, 2.24) is 10.2 Å². The van der Waals surface area contributed by atoms with Gasteiger partial charge >= 0.3 is 6.09 Å². The molecule has 2 aliphatic rings. The molecule has 22 heavy (non-hydrogen) atoms. The normalized spacial score (nSPS) is 32.8. The first kappa shape index (κ1) is 17.5. The minimum absolute atomic E-state index is 0.00370. The zero-order valence-corrected chi connectivity index (χ0v) is 13.8. The average molecular weight is 316 g/mol. The van der Waals surface area contributed by atoms with Gasteiger partial charge in [-0.15, -0.1) is 0 Å². The first-order valence-electron chi connectivity index (χ1n) is 7.92. The Kier molecular flexibility index (Phi) is 5.32. The maximum absolute atomic E-state index is 12.0. The number of ether oxygens (including phenoxy) is 2. The molecule has 2 aliphatic heterocycles. The van der Waals surface area contributed by atoms with Crippen LogP contribution in [0.4, 0.5) is 4.79 Å². The van der Waals surface area contributed by atoms with E-state index in [9.17, 15) is 4.79 Å². The summed E-state index contributed by atoms with van der Waals surface area (Å²) >= 11 is 0. The molecule has 3 N–H and O–H groups in total. The van der Waals surface area contributed by atoms with Gasteiger partial charge in [0.1, 0.15) is 5.60 Å². The van der Waals surface area contributed by atoms with Crippen LogP contribution in [0.3, 0.4) is 0 Å². The van der Waals surface area contributed by atoms with Crippen LogP contribution < -0.4 is 5.32 Å². The fourth-order valence-corrected chi connectivity index (χ4v) is 2.76. The highest BCUT2D eigenvalue weighted by molar-refractivity contribution is 5.69. The third kappa shape index (κ3) is 4.32. The van der Waals surface area contributed by atoms with Crippen molar-refractivity contribution < 1.29 is 24.5 Å². The minimum atomic E-state index is -1.33. The van der Waals surface area contributed by atoms with Crippen LogP contribution in [0.25, 0.3) is 0 Å². The van der Waals surface area contributed by atoms with E-state index in [1.807, 2.05) is 27.7 Å². The molecular weight excluding hydrogens is 288 g/mol. The predicted molar refractivity (Wildman–Crippen MR) is 80.3 cm³/mol. The topological polar surface area (TPSA) is 91.3 Å². The summed E-state index contributed by atoms with van der Waals surface area (Å²) in [6.07, 6.45) is -0.126. The van der Waals surface area contributed by atoms with Crippen molar-refractivity contribution in [2.75, 3.05) is 13.1 Å². The van der Waals surface area contributed by atoms with E-state index in [1.54, 1.807) is 4.90 Å². The molecule has 128 valence electrons. The molecule has 0 aromatic carbocycles. The van der Waals surface area contributed by atoms with Gasteiger partial charge in [0.05, 0.1) is 30.8 Å². The van der Waals surface area contributed by atoms with Gasteiger partial charge < -0.3 is 29.9 Å². The van der Waals surface area contributed by atoms with Crippen LogP contribution in [0.1, 0.15) is 40.5 Å². The summed E-state index contributed by atoms with van der Waals surface area (Å²) in [5.41, 5.74) is -0.490. The number of aliphatic hydroxyl groups is 2. The molecule has 2 fully saturated rings. The Balaban J connectivity index is 1.73. The number of nitrogens with zero attached hydrogens (tertiary/aromatic N) is 1. The van der Waals surface area contributed by atoms with Gasteiger partial charge in [-0.2, -0.15) is 0 Å². The number of carbonyl (C=O) groups excluding carboxylic acids is 1. The quantitative estimate of drug-likeness (QED) is 0.655. The first-order valence-corrected chi connectivity index (χ1v) is 7.92. The van der Waals surface area contributed by atoms with Gasteiger partial charge in [0.25, 0.3) is 0 Å². The highest BCUT2D eigenvalue weighted by atomic mass is 16.6. The van der Waals surface area contributed by atoms with Crippen molar-refractivity contribution in [3.8, 4) is 0 Å². The van der Waals surface area contributed by atoms with Crippen LogP contribution in [-0.4, -0.2) is 70.5 Å². The van der Waals surface area contributed by atoms with Gasteiger partial charge in [-0.3, -0.25) is 0 Å². The number of rotatable bonds is 3. The van der Waals surface area contributed by atoms with Crippen LogP contribution in [0.2, 0.25) is 0 Å². The third-order valence-corrected chi connectivity index (χ3v) is 4.17. The van der Waals surface area contributed by atoms with Gasteiger partial charge in [-0.1, -0.05) is 0 Å². The predicted octanol–water partition coefficient (Wildman–Crippen LogP) is 0.442. The molecule has 2 saturated heterocycles. The second-order valence-electron chi connectivity index (χ2n) is 7.18. The number of amides is 1. The summed E-state index contributed by atoms with van der Waals surface area (Å²) in [4.78, 5) is 13.7.